The molecule has 0 aliphatic carbocycles. The number of nitrogens with two attached hydrogens (primary N) is 2. The van der Waals surface area contributed by atoms with Crippen molar-refractivity contribution < 1.29 is 4.52 Å². The van der Waals surface area contributed by atoms with Crippen molar-refractivity contribution in [3.8, 4) is 11.6 Å². The topological polar surface area (TPSA) is 121 Å². The Labute approximate surface area is 176 Å². The van der Waals surface area contributed by atoms with E-state index in [0.717, 1.165) is 16.7 Å². The summed E-state index contributed by atoms with van der Waals surface area (Å²) in [5.74, 6) is 1.45. The van der Waals surface area contributed by atoms with Crippen LogP contribution in [0.1, 0.15) is 37.7 Å². The third kappa shape index (κ3) is 4.03. The maximum atomic E-state index is 5.75. The van der Waals surface area contributed by atoms with E-state index in [9.17, 15) is 0 Å². The van der Waals surface area contributed by atoms with Gasteiger partial charge in [0, 0.05) is 31.2 Å². The number of aliphatic imine (C=N–C) groups is 1. The van der Waals surface area contributed by atoms with Crippen molar-refractivity contribution >= 4 is 11.8 Å². The first-order valence-corrected chi connectivity index (χ1v) is 9.61. The molecule has 3 aromatic rings. The van der Waals surface area contributed by atoms with E-state index in [4.69, 9.17) is 16.0 Å². The first-order chi connectivity index (χ1) is 14.3. The van der Waals surface area contributed by atoms with Crippen molar-refractivity contribution in [3.63, 3.8) is 0 Å². The zero-order valence-corrected chi connectivity index (χ0v) is 17.7. The van der Waals surface area contributed by atoms with Crippen molar-refractivity contribution in [1.82, 2.24) is 19.9 Å². The Morgan fingerprint density at radius 2 is 1.97 bits per heavy atom. The fourth-order valence-corrected chi connectivity index (χ4v) is 3.16. The number of aromatic nitrogens is 4. The molecule has 8 heteroatoms. The SMILES string of the molecule is C=C(N)/N=C\C(=C/N)c1ccc([C@@](C)(c2noc(-c3ccn(C)n3)n2)C(C)C)cc1. The molecule has 0 aliphatic heterocycles. The van der Waals surface area contributed by atoms with Crippen molar-refractivity contribution in [2.45, 2.75) is 26.2 Å². The molecule has 2 heterocycles. The van der Waals surface area contributed by atoms with E-state index >= 15 is 0 Å². The van der Waals surface area contributed by atoms with Crippen molar-refractivity contribution in [2.75, 3.05) is 0 Å². The molecule has 2 aromatic heterocycles. The number of nitrogens with zero attached hydrogens (tertiary/aromatic N) is 5. The molecule has 4 N–H and O–H groups in total. The van der Waals surface area contributed by atoms with E-state index in [2.05, 4.69) is 47.6 Å². The third-order valence-electron chi connectivity index (χ3n) is 5.34. The molecule has 0 bridgehead atoms. The van der Waals surface area contributed by atoms with Gasteiger partial charge in [0.15, 0.2) is 11.5 Å². The first kappa shape index (κ1) is 21.0. The van der Waals surface area contributed by atoms with Crippen LogP contribution in [-0.2, 0) is 12.5 Å². The van der Waals surface area contributed by atoms with Crippen LogP contribution in [0.3, 0.4) is 0 Å². The Hall–Kier alpha value is -3.68. The molecular formula is C22H27N7O. The fourth-order valence-electron chi connectivity index (χ4n) is 3.16. The Balaban J connectivity index is 1.96. The lowest BCUT2D eigenvalue weighted by Crippen LogP contribution is -2.31. The van der Waals surface area contributed by atoms with Gasteiger partial charge in [-0.2, -0.15) is 10.1 Å². The van der Waals surface area contributed by atoms with E-state index < -0.39 is 5.41 Å². The quantitative estimate of drug-likeness (QED) is 0.582. The van der Waals surface area contributed by atoms with E-state index in [1.165, 1.54) is 6.20 Å². The zero-order chi connectivity index (χ0) is 21.9. The van der Waals surface area contributed by atoms with Gasteiger partial charge in [0.1, 0.15) is 5.82 Å². The van der Waals surface area contributed by atoms with Gasteiger partial charge >= 0.3 is 0 Å². The lowest BCUT2D eigenvalue weighted by atomic mass is 9.72. The van der Waals surface area contributed by atoms with Crippen molar-refractivity contribution in [1.29, 1.82) is 0 Å². The highest BCUT2D eigenvalue weighted by Gasteiger charge is 2.37. The van der Waals surface area contributed by atoms with Crippen molar-refractivity contribution in [2.24, 2.45) is 29.4 Å². The average molecular weight is 406 g/mol. The lowest BCUT2D eigenvalue weighted by Gasteiger charge is -2.31. The van der Waals surface area contributed by atoms with Gasteiger partial charge in [0.05, 0.1) is 5.41 Å². The summed E-state index contributed by atoms with van der Waals surface area (Å²) >= 11 is 0. The molecule has 0 fully saturated rings. The monoisotopic (exact) mass is 405 g/mol. The van der Waals surface area contributed by atoms with E-state index in [0.29, 0.717) is 17.4 Å². The minimum absolute atomic E-state index is 0.212. The maximum absolute atomic E-state index is 5.75. The molecule has 0 saturated carbocycles. The molecule has 0 unspecified atom stereocenters. The van der Waals surface area contributed by atoms with Crippen molar-refractivity contribution in [3.05, 3.63) is 72.1 Å². The molecule has 0 spiro atoms. The van der Waals surface area contributed by atoms with Crippen LogP contribution in [0.2, 0.25) is 0 Å². The molecule has 0 aliphatic rings. The van der Waals surface area contributed by atoms with Crippen LogP contribution in [0.5, 0.6) is 0 Å². The smallest absolute Gasteiger partial charge is 0.278 e. The highest BCUT2D eigenvalue weighted by atomic mass is 16.5. The van der Waals surface area contributed by atoms with Crippen LogP contribution in [0, 0.1) is 5.92 Å². The summed E-state index contributed by atoms with van der Waals surface area (Å²) in [6, 6.07) is 9.90. The van der Waals surface area contributed by atoms with Gasteiger partial charge in [0.25, 0.3) is 5.89 Å². The standard InChI is InChI=1S/C22H27N7O/c1-14(2)22(4,21-26-20(30-28-21)19-10-11-29(5)27-19)18-8-6-16(7-9-18)17(12-23)13-25-15(3)24/h6-14H,3,23-24H2,1-2,4-5H3/b17-12+,25-13-/t22-/m0/s1. The van der Waals surface area contributed by atoms with Crippen LogP contribution in [0.25, 0.3) is 17.2 Å². The predicted octanol–water partition coefficient (Wildman–Crippen LogP) is 3.23. The molecule has 0 radical (unpaired) electrons. The lowest BCUT2D eigenvalue weighted by molar-refractivity contribution is 0.350. The minimum Gasteiger partial charge on any atom is -0.404 e. The summed E-state index contributed by atoms with van der Waals surface area (Å²) in [5.41, 5.74) is 14.2. The van der Waals surface area contributed by atoms with Gasteiger partial charge in [-0.1, -0.05) is 49.8 Å². The van der Waals surface area contributed by atoms with Gasteiger partial charge in [-0.3, -0.25) is 4.68 Å². The average Bonchev–Trinajstić information content (AvgIpc) is 3.37. The second-order valence-electron chi connectivity index (χ2n) is 7.60. The van der Waals surface area contributed by atoms with Crippen LogP contribution in [0.15, 0.2) is 64.6 Å². The highest BCUT2D eigenvalue weighted by molar-refractivity contribution is 6.09. The molecular weight excluding hydrogens is 378 g/mol. The molecule has 1 aromatic carbocycles. The summed E-state index contributed by atoms with van der Waals surface area (Å²) in [6.07, 6.45) is 4.92. The van der Waals surface area contributed by atoms with Gasteiger partial charge in [-0.05, 0) is 30.0 Å². The number of hydrogen-bond donors (Lipinski definition) is 2. The molecule has 0 amide bonds. The Morgan fingerprint density at radius 1 is 1.27 bits per heavy atom. The molecule has 8 nitrogen and oxygen atoms in total. The van der Waals surface area contributed by atoms with Gasteiger partial charge in [-0.25, -0.2) is 4.99 Å². The zero-order valence-electron chi connectivity index (χ0n) is 17.7. The number of rotatable bonds is 7. The van der Waals surface area contributed by atoms with Crippen LogP contribution < -0.4 is 11.5 Å². The van der Waals surface area contributed by atoms with Crippen LogP contribution >= 0.6 is 0 Å². The maximum Gasteiger partial charge on any atom is 0.278 e. The van der Waals surface area contributed by atoms with Gasteiger partial charge < -0.3 is 16.0 Å². The Morgan fingerprint density at radius 3 is 2.50 bits per heavy atom. The summed E-state index contributed by atoms with van der Waals surface area (Å²) in [6.45, 7) is 9.94. The largest absolute Gasteiger partial charge is 0.404 e. The molecule has 156 valence electrons. The number of allylic oxidation sites excluding steroid dienone is 1. The van der Waals surface area contributed by atoms with Crippen LogP contribution in [-0.4, -0.2) is 26.1 Å². The minimum atomic E-state index is -0.457. The number of benzene rings is 1. The van der Waals surface area contributed by atoms with E-state index in [-0.39, 0.29) is 11.7 Å². The van der Waals surface area contributed by atoms with Gasteiger partial charge in [-0.15, -0.1) is 0 Å². The summed E-state index contributed by atoms with van der Waals surface area (Å²) in [5, 5.41) is 8.62. The summed E-state index contributed by atoms with van der Waals surface area (Å²) in [4.78, 5) is 8.68. The summed E-state index contributed by atoms with van der Waals surface area (Å²) in [7, 11) is 1.85. The Bertz CT molecular complexity index is 1090. The third-order valence-corrected chi connectivity index (χ3v) is 5.34. The first-order valence-electron chi connectivity index (χ1n) is 9.61. The van der Waals surface area contributed by atoms with Gasteiger partial charge in [0.2, 0.25) is 0 Å². The molecule has 3 rings (SSSR count). The number of aryl methyl sites for hydroxylation is 1. The molecule has 1 atom stereocenters. The molecule has 0 saturated heterocycles. The molecule has 30 heavy (non-hydrogen) atoms. The predicted molar refractivity (Wildman–Crippen MR) is 118 cm³/mol. The second kappa shape index (κ2) is 8.36. The number of hydrogen-bond acceptors (Lipinski definition) is 7. The second-order valence-corrected chi connectivity index (χ2v) is 7.60. The van der Waals surface area contributed by atoms with E-state index in [1.807, 2.05) is 43.6 Å². The Kier molecular flexibility index (Phi) is 5.86. The van der Waals surface area contributed by atoms with Crippen LogP contribution in [0.4, 0.5) is 0 Å². The fraction of sp³-hybridized carbons (Fsp3) is 0.273. The highest BCUT2D eigenvalue weighted by Crippen LogP contribution is 2.38. The summed E-state index contributed by atoms with van der Waals surface area (Å²) < 4.78 is 7.22. The van der Waals surface area contributed by atoms with E-state index in [1.54, 1.807) is 10.9 Å². The normalized spacial score (nSPS) is 14.4.